The van der Waals surface area contributed by atoms with Gasteiger partial charge in [-0.2, -0.15) is 0 Å². The summed E-state index contributed by atoms with van der Waals surface area (Å²) in [7, 11) is 0. The fourth-order valence-electron chi connectivity index (χ4n) is 2.71. The maximum atomic E-state index is 12.7. The van der Waals surface area contributed by atoms with Gasteiger partial charge in [-0.25, -0.2) is 0 Å². The molecular formula is C17H24N2OS. The van der Waals surface area contributed by atoms with Crippen molar-refractivity contribution in [1.82, 2.24) is 4.90 Å². The van der Waals surface area contributed by atoms with E-state index in [1.54, 1.807) is 0 Å². The van der Waals surface area contributed by atoms with E-state index in [0.29, 0.717) is 16.8 Å². The predicted molar refractivity (Wildman–Crippen MR) is 90.0 cm³/mol. The van der Waals surface area contributed by atoms with Crippen LogP contribution in [0.15, 0.2) is 30.3 Å². The number of carbonyl (C=O) groups is 1. The summed E-state index contributed by atoms with van der Waals surface area (Å²) in [5.74, 6) is -0.300. The van der Waals surface area contributed by atoms with Crippen molar-refractivity contribution in [1.29, 1.82) is 0 Å². The maximum Gasteiger partial charge on any atom is 0.232 e. The van der Waals surface area contributed by atoms with E-state index in [1.807, 2.05) is 35.2 Å². The Bertz CT molecular complexity index is 503. The summed E-state index contributed by atoms with van der Waals surface area (Å²) in [6, 6.07) is 9.93. The molecule has 1 aliphatic rings. The Hall–Kier alpha value is -1.42. The Labute approximate surface area is 132 Å². The lowest BCUT2D eigenvalue weighted by atomic mass is 9.82. The van der Waals surface area contributed by atoms with E-state index in [1.165, 1.54) is 0 Å². The van der Waals surface area contributed by atoms with Crippen molar-refractivity contribution in [3.8, 4) is 0 Å². The zero-order chi connectivity index (χ0) is 15.5. The van der Waals surface area contributed by atoms with Crippen LogP contribution in [0.1, 0.15) is 32.3 Å². The lowest BCUT2D eigenvalue weighted by molar-refractivity contribution is -0.135. The third-order valence-electron chi connectivity index (χ3n) is 4.35. The second-order valence-electron chi connectivity index (χ2n) is 6.63. The first kappa shape index (κ1) is 16.0. The molecule has 1 unspecified atom stereocenters. The Kier molecular flexibility index (Phi) is 4.99. The van der Waals surface area contributed by atoms with Crippen molar-refractivity contribution in [3.05, 3.63) is 35.9 Å². The van der Waals surface area contributed by atoms with Gasteiger partial charge in [0.05, 0.1) is 10.9 Å². The summed E-state index contributed by atoms with van der Waals surface area (Å²) in [5.41, 5.74) is 7.26. The molecule has 0 bridgehead atoms. The van der Waals surface area contributed by atoms with Crippen LogP contribution in [0, 0.1) is 11.3 Å². The maximum absolute atomic E-state index is 12.7. The molecule has 2 rings (SSSR count). The molecular weight excluding hydrogens is 280 g/mol. The van der Waals surface area contributed by atoms with Crippen molar-refractivity contribution in [2.45, 2.75) is 33.1 Å². The zero-order valence-corrected chi connectivity index (χ0v) is 13.7. The van der Waals surface area contributed by atoms with Crippen LogP contribution in [-0.2, 0) is 11.2 Å². The smallest absolute Gasteiger partial charge is 0.232 e. The average Bonchev–Trinajstić information content (AvgIpc) is 2.45. The Morgan fingerprint density at radius 3 is 2.38 bits per heavy atom. The van der Waals surface area contributed by atoms with E-state index in [9.17, 15) is 4.79 Å². The highest BCUT2D eigenvalue weighted by atomic mass is 32.1. The SMILES string of the molecule is CC1(C)CCN(C(=O)C(Cc2ccccc2)C(N)=S)CC1. The van der Waals surface area contributed by atoms with Crippen LogP contribution in [0.2, 0.25) is 0 Å². The molecule has 1 aliphatic heterocycles. The van der Waals surface area contributed by atoms with E-state index >= 15 is 0 Å². The molecule has 0 spiro atoms. The van der Waals surface area contributed by atoms with Crippen LogP contribution in [0.5, 0.6) is 0 Å². The minimum Gasteiger partial charge on any atom is -0.393 e. The summed E-state index contributed by atoms with van der Waals surface area (Å²) in [6.45, 7) is 6.12. The van der Waals surface area contributed by atoms with E-state index in [-0.39, 0.29) is 11.8 Å². The second-order valence-corrected chi connectivity index (χ2v) is 7.11. The first-order valence-corrected chi connectivity index (χ1v) is 7.92. The number of benzene rings is 1. The molecule has 3 nitrogen and oxygen atoms in total. The molecule has 1 saturated heterocycles. The predicted octanol–water partition coefficient (Wildman–Crippen LogP) is 2.78. The van der Waals surface area contributed by atoms with Gasteiger partial charge in [0.25, 0.3) is 0 Å². The van der Waals surface area contributed by atoms with E-state index in [4.69, 9.17) is 18.0 Å². The van der Waals surface area contributed by atoms with Crippen molar-refractivity contribution in [3.63, 3.8) is 0 Å². The second kappa shape index (κ2) is 6.56. The third kappa shape index (κ3) is 4.27. The number of nitrogens with zero attached hydrogens (tertiary/aromatic N) is 1. The third-order valence-corrected chi connectivity index (χ3v) is 4.64. The van der Waals surface area contributed by atoms with Gasteiger partial charge < -0.3 is 10.6 Å². The van der Waals surface area contributed by atoms with Crippen molar-refractivity contribution >= 4 is 23.1 Å². The molecule has 2 N–H and O–H groups in total. The molecule has 0 radical (unpaired) electrons. The van der Waals surface area contributed by atoms with Crippen LogP contribution in [0.3, 0.4) is 0 Å². The lowest BCUT2D eigenvalue weighted by Gasteiger charge is -2.38. The molecule has 1 amide bonds. The van der Waals surface area contributed by atoms with Gasteiger partial charge >= 0.3 is 0 Å². The number of amides is 1. The summed E-state index contributed by atoms with van der Waals surface area (Å²) in [4.78, 5) is 14.9. The minimum absolute atomic E-state index is 0.0850. The van der Waals surface area contributed by atoms with Crippen LogP contribution in [0.25, 0.3) is 0 Å². The number of hydrogen-bond donors (Lipinski definition) is 1. The van der Waals surface area contributed by atoms with Gasteiger partial charge in [0.15, 0.2) is 0 Å². The van der Waals surface area contributed by atoms with Gasteiger partial charge in [-0.3, -0.25) is 4.79 Å². The molecule has 0 aromatic heterocycles. The summed E-state index contributed by atoms with van der Waals surface area (Å²) < 4.78 is 0. The Morgan fingerprint density at radius 1 is 1.29 bits per heavy atom. The van der Waals surface area contributed by atoms with Gasteiger partial charge in [-0.05, 0) is 30.2 Å². The zero-order valence-electron chi connectivity index (χ0n) is 12.8. The lowest BCUT2D eigenvalue weighted by Crippen LogP contribution is -2.47. The number of carbonyl (C=O) groups excluding carboxylic acids is 1. The number of hydrogen-bond acceptors (Lipinski definition) is 2. The molecule has 1 aromatic rings. The quantitative estimate of drug-likeness (QED) is 0.870. The molecule has 21 heavy (non-hydrogen) atoms. The first-order chi connectivity index (χ1) is 9.89. The molecule has 114 valence electrons. The molecule has 4 heteroatoms. The highest BCUT2D eigenvalue weighted by Gasteiger charge is 2.32. The number of thiocarbonyl (C=S) groups is 1. The fourth-order valence-corrected chi connectivity index (χ4v) is 2.90. The van der Waals surface area contributed by atoms with E-state index in [0.717, 1.165) is 31.5 Å². The van der Waals surface area contributed by atoms with Gasteiger partial charge in [0, 0.05) is 13.1 Å². The van der Waals surface area contributed by atoms with Gasteiger partial charge in [0.1, 0.15) is 0 Å². The molecule has 1 heterocycles. The van der Waals surface area contributed by atoms with Crippen molar-refractivity contribution in [2.75, 3.05) is 13.1 Å². The number of likely N-dealkylation sites (tertiary alicyclic amines) is 1. The summed E-state index contributed by atoms with van der Waals surface area (Å²) in [6.07, 6.45) is 2.66. The highest BCUT2D eigenvalue weighted by Crippen LogP contribution is 2.30. The van der Waals surface area contributed by atoms with E-state index in [2.05, 4.69) is 13.8 Å². The number of piperidine rings is 1. The molecule has 1 atom stereocenters. The van der Waals surface area contributed by atoms with Crippen LogP contribution >= 0.6 is 12.2 Å². The van der Waals surface area contributed by atoms with Crippen LogP contribution in [0.4, 0.5) is 0 Å². The summed E-state index contributed by atoms with van der Waals surface area (Å²) >= 11 is 5.14. The number of rotatable bonds is 4. The van der Waals surface area contributed by atoms with Crippen LogP contribution in [-0.4, -0.2) is 28.9 Å². The first-order valence-electron chi connectivity index (χ1n) is 7.51. The molecule has 1 fully saturated rings. The monoisotopic (exact) mass is 304 g/mol. The fraction of sp³-hybridized carbons (Fsp3) is 0.529. The van der Waals surface area contributed by atoms with Gasteiger partial charge in [-0.15, -0.1) is 0 Å². The number of nitrogens with two attached hydrogens (primary N) is 1. The standard InChI is InChI=1S/C17H24N2OS/c1-17(2)8-10-19(11-9-17)16(20)14(15(18)21)12-13-6-4-3-5-7-13/h3-7,14H,8-12H2,1-2H3,(H2,18,21). The van der Waals surface area contributed by atoms with Crippen LogP contribution < -0.4 is 5.73 Å². The van der Waals surface area contributed by atoms with Crippen molar-refractivity contribution < 1.29 is 4.79 Å². The van der Waals surface area contributed by atoms with Gasteiger partial charge in [0.2, 0.25) is 5.91 Å². The molecule has 1 aromatic carbocycles. The minimum atomic E-state index is -0.386. The molecule has 0 saturated carbocycles. The Morgan fingerprint density at radius 2 is 1.86 bits per heavy atom. The molecule has 0 aliphatic carbocycles. The largest absolute Gasteiger partial charge is 0.393 e. The average molecular weight is 304 g/mol. The Balaban J connectivity index is 2.05. The summed E-state index contributed by atoms with van der Waals surface area (Å²) in [5, 5.41) is 0. The topological polar surface area (TPSA) is 46.3 Å². The highest BCUT2D eigenvalue weighted by molar-refractivity contribution is 7.80. The van der Waals surface area contributed by atoms with Crippen molar-refractivity contribution in [2.24, 2.45) is 17.1 Å². The van der Waals surface area contributed by atoms with E-state index < -0.39 is 0 Å². The normalized spacial score (nSPS) is 19.0. The van der Waals surface area contributed by atoms with Gasteiger partial charge in [-0.1, -0.05) is 56.4 Å².